The number of morpholine rings is 1. The molecule has 1 atom stereocenters. The maximum Gasteiger partial charge on any atom is 0.371 e. The SMILES string of the molecule is CC(=O)NCC1CN(C(=O)c2ccc(C(=O)O)o2)CCO1. The zero-order chi connectivity index (χ0) is 15.4. The molecule has 2 heterocycles. The summed E-state index contributed by atoms with van der Waals surface area (Å²) in [6.45, 7) is 2.77. The van der Waals surface area contributed by atoms with Crippen molar-refractivity contribution in [2.24, 2.45) is 0 Å². The van der Waals surface area contributed by atoms with Crippen molar-refractivity contribution in [3.05, 3.63) is 23.7 Å². The second kappa shape index (κ2) is 6.40. The second-order valence-electron chi connectivity index (χ2n) is 4.65. The van der Waals surface area contributed by atoms with Crippen LogP contribution in [0.25, 0.3) is 0 Å². The number of nitrogens with one attached hydrogen (secondary N) is 1. The summed E-state index contributed by atoms with van der Waals surface area (Å²) in [5.74, 6) is -2.08. The fraction of sp³-hybridized carbons (Fsp3) is 0.462. The Hall–Kier alpha value is -2.35. The van der Waals surface area contributed by atoms with Gasteiger partial charge in [-0.3, -0.25) is 9.59 Å². The average Bonchev–Trinajstić information content (AvgIpc) is 2.94. The summed E-state index contributed by atoms with van der Waals surface area (Å²) in [5.41, 5.74) is 0. The van der Waals surface area contributed by atoms with Gasteiger partial charge < -0.3 is 24.5 Å². The zero-order valence-electron chi connectivity index (χ0n) is 11.5. The molecule has 1 aromatic heterocycles. The summed E-state index contributed by atoms with van der Waals surface area (Å²) in [6, 6.07) is 2.58. The van der Waals surface area contributed by atoms with Crippen LogP contribution in [0, 0.1) is 0 Å². The molecule has 0 radical (unpaired) electrons. The van der Waals surface area contributed by atoms with E-state index in [2.05, 4.69) is 5.32 Å². The van der Waals surface area contributed by atoms with Crippen molar-refractivity contribution >= 4 is 17.8 Å². The van der Waals surface area contributed by atoms with Gasteiger partial charge in [-0.25, -0.2) is 4.79 Å². The molecule has 1 aliphatic rings. The van der Waals surface area contributed by atoms with Crippen molar-refractivity contribution in [1.29, 1.82) is 0 Å². The second-order valence-corrected chi connectivity index (χ2v) is 4.65. The summed E-state index contributed by atoms with van der Waals surface area (Å²) in [5, 5.41) is 11.4. The maximum atomic E-state index is 12.2. The first-order valence-electron chi connectivity index (χ1n) is 6.46. The van der Waals surface area contributed by atoms with E-state index >= 15 is 0 Å². The topological polar surface area (TPSA) is 109 Å². The molecule has 0 saturated carbocycles. The predicted molar refractivity (Wildman–Crippen MR) is 70.0 cm³/mol. The number of carbonyl (C=O) groups is 3. The summed E-state index contributed by atoms with van der Waals surface area (Å²) in [4.78, 5) is 35.3. The van der Waals surface area contributed by atoms with Crippen LogP contribution in [0.3, 0.4) is 0 Å². The minimum atomic E-state index is -1.22. The van der Waals surface area contributed by atoms with E-state index in [1.54, 1.807) is 0 Å². The third kappa shape index (κ3) is 3.82. The fourth-order valence-corrected chi connectivity index (χ4v) is 2.01. The number of furan rings is 1. The monoisotopic (exact) mass is 296 g/mol. The van der Waals surface area contributed by atoms with E-state index in [0.717, 1.165) is 0 Å². The lowest BCUT2D eigenvalue weighted by atomic mass is 10.2. The normalized spacial score (nSPS) is 18.3. The van der Waals surface area contributed by atoms with Crippen LogP contribution in [0.1, 0.15) is 28.0 Å². The van der Waals surface area contributed by atoms with Crippen molar-refractivity contribution in [1.82, 2.24) is 10.2 Å². The fourth-order valence-electron chi connectivity index (χ4n) is 2.01. The van der Waals surface area contributed by atoms with Gasteiger partial charge in [0.25, 0.3) is 5.91 Å². The molecule has 0 aliphatic carbocycles. The van der Waals surface area contributed by atoms with E-state index in [1.165, 1.54) is 24.0 Å². The molecule has 0 aromatic carbocycles. The van der Waals surface area contributed by atoms with E-state index < -0.39 is 11.9 Å². The highest BCUT2D eigenvalue weighted by Crippen LogP contribution is 2.13. The Morgan fingerprint density at radius 2 is 2.10 bits per heavy atom. The van der Waals surface area contributed by atoms with E-state index in [4.69, 9.17) is 14.3 Å². The Morgan fingerprint density at radius 3 is 2.71 bits per heavy atom. The molecule has 2 rings (SSSR count). The van der Waals surface area contributed by atoms with Gasteiger partial charge in [0.15, 0.2) is 5.76 Å². The molecule has 114 valence electrons. The molecular weight excluding hydrogens is 280 g/mol. The van der Waals surface area contributed by atoms with Crippen molar-refractivity contribution in [3.63, 3.8) is 0 Å². The Kier molecular flexibility index (Phi) is 4.59. The molecule has 1 unspecified atom stereocenters. The minimum Gasteiger partial charge on any atom is -0.475 e. The third-order valence-electron chi connectivity index (χ3n) is 3.03. The molecule has 2 N–H and O–H groups in total. The first-order valence-corrected chi connectivity index (χ1v) is 6.46. The Balaban J connectivity index is 1.97. The number of aromatic carboxylic acids is 1. The van der Waals surface area contributed by atoms with Gasteiger partial charge in [-0.1, -0.05) is 0 Å². The van der Waals surface area contributed by atoms with Crippen LogP contribution < -0.4 is 5.32 Å². The molecule has 1 fully saturated rings. The minimum absolute atomic E-state index is 0.0208. The zero-order valence-corrected chi connectivity index (χ0v) is 11.5. The van der Waals surface area contributed by atoms with E-state index in [0.29, 0.717) is 26.2 Å². The van der Waals surface area contributed by atoms with Gasteiger partial charge in [0.2, 0.25) is 11.7 Å². The van der Waals surface area contributed by atoms with E-state index in [-0.39, 0.29) is 23.5 Å². The Bertz CT molecular complexity index is 553. The Morgan fingerprint density at radius 1 is 1.38 bits per heavy atom. The van der Waals surface area contributed by atoms with E-state index in [9.17, 15) is 14.4 Å². The van der Waals surface area contributed by atoms with Gasteiger partial charge in [0.1, 0.15) is 0 Å². The van der Waals surface area contributed by atoms with Crippen LogP contribution in [0.4, 0.5) is 0 Å². The summed E-state index contributed by atoms with van der Waals surface area (Å²) in [6.07, 6.45) is -0.291. The van der Waals surface area contributed by atoms with Crippen LogP contribution in [0.15, 0.2) is 16.5 Å². The molecule has 2 amide bonds. The van der Waals surface area contributed by atoms with Crippen LogP contribution in [-0.4, -0.2) is 60.1 Å². The largest absolute Gasteiger partial charge is 0.475 e. The molecule has 8 heteroatoms. The highest BCUT2D eigenvalue weighted by Gasteiger charge is 2.27. The molecule has 8 nitrogen and oxygen atoms in total. The lowest BCUT2D eigenvalue weighted by molar-refractivity contribution is -0.120. The number of hydrogen-bond donors (Lipinski definition) is 2. The van der Waals surface area contributed by atoms with Gasteiger partial charge in [-0.2, -0.15) is 0 Å². The first-order chi connectivity index (χ1) is 9.97. The standard InChI is InChI=1S/C13H16N2O6/c1-8(16)14-6-9-7-15(4-5-20-9)12(17)10-2-3-11(21-10)13(18)19/h2-3,9H,4-7H2,1H3,(H,14,16)(H,18,19). The van der Waals surface area contributed by atoms with Gasteiger partial charge >= 0.3 is 5.97 Å². The Labute approximate surface area is 120 Å². The van der Waals surface area contributed by atoms with Gasteiger partial charge in [-0.05, 0) is 12.1 Å². The lowest BCUT2D eigenvalue weighted by Gasteiger charge is -2.32. The van der Waals surface area contributed by atoms with Crippen LogP contribution in [0.2, 0.25) is 0 Å². The summed E-state index contributed by atoms with van der Waals surface area (Å²) >= 11 is 0. The van der Waals surface area contributed by atoms with Crippen molar-refractivity contribution in [2.75, 3.05) is 26.2 Å². The molecule has 21 heavy (non-hydrogen) atoms. The van der Waals surface area contributed by atoms with Gasteiger partial charge in [-0.15, -0.1) is 0 Å². The first kappa shape index (κ1) is 15.0. The quantitative estimate of drug-likeness (QED) is 0.806. The number of amides is 2. The maximum absolute atomic E-state index is 12.2. The average molecular weight is 296 g/mol. The summed E-state index contributed by atoms with van der Waals surface area (Å²) < 4.78 is 10.4. The molecular formula is C13H16N2O6. The molecule has 1 saturated heterocycles. The summed E-state index contributed by atoms with van der Waals surface area (Å²) in [7, 11) is 0. The third-order valence-corrected chi connectivity index (χ3v) is 3.03. The lowest BCUT2D eigenvalue weighted by Crippen LogP contribution is -2.49. The van der Waals surface area contributed by atoms with Crippen LogP contribution >= 0.6 is 0 Å². The van der Waals surface area contributed by atoms with Crippen LogP contribution in [-0.2, 0) is 9.53 Å². The molecule has 0 spiro atoms. The van der Waals surface area contributed by atoms with Crippen molar-refractivity contribution < 1.29 is 28.6 Å². The van der Waals surface area contributed by atoms with Crippen molar-refractivity contribution in [2.45, 2.75) is 13.0 Å². The predicted octanol–water partition coefficient (Wildman–Crippen LogP) is -0.0451. The van der Waals surface area contributed by atoms with Gasteiger partial charge in [0.05, 0.1) is 12.7 Å². The van der Waals surface area contributed by atoms with E-state index in [1.807, 2.05) is 0 Å². The highest BCUT2D eigenvalue weighted by atomic mass is 16.5. The highest BCUT2D eigenvalue weighted by molar-refractivity contribution is 5.93. The number of carboxylic acids is 1. The number of carbonyl (C=O) groups excluding carboxylic acids is 2. The van der Waals surface area contributed by atoms with Crippen molar-refractivity contribution in [3.8, 4) is 0 Å². The van der Waals surface area contributed by atoms with Crippen LogP contribution in [0.5, 0.6) is 0 Å². The number of hydrogen-bond acceptors (Lipinski definition) is 5. The molecule has 1 aliphatic heterocycles. The van der Waals surface area contributed by atoms with Gasteiger partial charge in [0, 0.05) is 26.6 Å². The molecule has 1 aromatic rings. The number of ether oxygens (including phenoxy) is 1. The smallest absolute Gasteiger partial charge is 0.371 e. The number of nitrogens with zero attached hydrogens (tertiary/aromatic N) is 1. The number of rotatable bonds is 4. The number of carboxylic acid groups (broad SMARTS) is 1. The molecule has 0 bridgehead atoms.